The number of aromatic amines is 1. The predicted octanol–water partition coefficient (Wildman–Crippen LogP) is 6.89. The van der Waals surface area contributed by atoms with Gasteiger partial charge in [0, 0.05) is 48.3 Å². The summed E-state index contributed by atoms with van der Waals surface area (Å²) in [6, 6.07) is 12.7. The molecule has 8 nitrogen and oxygen atoms in total. The number of hydrogen-bond donors (Lipinski definition) is 1. The summed E-state index contributed by atoms with van der Waals surface area (Å²) in [5.41, 5.74) is 4.55. The highest BCUT2D eigenvalue weighted by molar-refractivity contribution is 6.30. The number of para-hydroxylation sites is 1. The quantitative estimate of drug-likeness (QED) is 0.257. The van der Waals surface area contributed by atoms with E-state index >= 15 is 0 Å². The lowest BCUT2D eigenvalue weighted by atomic mass is 9.88. The monoisotopic (exact) mass is 603 g/mol. The van der Waals surface area contributed by atoms with Gasteiger partial charge in [-0.05, 0) is 87.5 Å². The van der Waals surface area contributed by atoms with E-state index in [4.69, 9.17) is 35.8 Å². The van der Waals surface area contributed by atoms with Crippen molar-refractivity contribution in [3.8, 4) is 22.9 Å². The number of rotatable bonds is 6. The highest BCUT2D eigenvalue weighted by Gasteiger charge is 2.43. The molecule has 0 spiro atoms. The van der Waals surface area contributed by atoms with Crippen LogP contribution >= 0.6 is 11.6 Å². The molecule has 3 aliphatic rings. The number of H-pyrrole nitrogens is 1. The summed E-state index contributed by atoms with van der Waals surface area (Å²) in [5.74, 6) is 1.81. The fourth-order valence-electron chi connectivity index (χ4n) is 6.48. The maximum atomic E-state index is 14.8. The third-order valence-electron chi connectivity index (χ3n) is 8.93. The number of piperidine rings is 1. The summed E-state index contributed by atoms with van der Waals surface area (Å²) >= 11 is 5.97. The van der Waals surface area contributed by atoms with Crippen molar-refractivity contribution < 1.29 is 18.6 Å². The molecule has 0 aliphatic carbocycles. The molecule has 10 heteroatoms. The van der Waals surface area contributed by atoms with Gasteiger partial charge < -0.3 is 14.2 Å². The van der Waals surface area contributed by atoms with Gasteiger partial charge in [-0.15, -0.1) is 0 Å². The van der Waals surface area contributed by atoms with E-state index in [0.29, 0.717) is 40.4 Å². The zero-order chi connectivity index (χ0) is 29.6. The first kappa shape index (κ1) is 28.3. The molecule has 224 valence electrons. The lowest BCUT2D eigenvalue weighted by Crippen LogP contribution is -2.34. The van der Waals surface area contributed by atoms with E-state index in [1.807, 2.05) is 18.3 Å². The van der Waals surface area contributed by atoms with Crippen LogP contribution in [0.2, 0.25) is 5.02 Å². The number of nitrogens with one attached hydrogen (secondary N) is 1. The molecular formula is C33H35ClFN5O3. The highest BCUT2D eigenvalue weighted by Crippen LogP contribution is 2.49. The van der Waals surface area contributed by atoms with Crippen LogP contribution in [0.15, 0.2) is 48.7 Å². The van der Waals surface area contributed by atoms with E-state index in [2.05, 4.69) is 34.2 Å². The van der Waals surface area contributed by atoms with Crippen molar-refractivity contribution in [3.63, 3.8) is 0 Å². The molecule has 2 atom stereocenters. The largest absolute Gasteiger partial charge is 0.444 e. The van der Waals surface area contributed by atoms with E-state index in [1.54, 1.807) is 19.1 Å². The Kier molecular flexibility index (Phi) is 7.57. The normalized spacial score (nSPS) is 22.7. The zero-order valence-electron chi connectivity index (χ0n) is 24.4. The lowest BCUT2D eigenvalue weighted by Gasteiger charge is -2.32. The van der Waals surface area contributed by atoms with Gasteiger partial charge in [0.15, 0.2) is 17.3 Å². The first-order valence-electron chi connectivity index (χ1n) is 15.0. The molecule has 3 aliphatic heterocycles. The smallest absolute Gasteiger partial charge is 0.278 e. The second kappa shape index (κ2) is 11.5. The Morgan fingerprint density at radius 1 is 1.09 bits per heavy atom. The van der Waals surface area contributed by atoms with E-state index in [0.717, 1.165) is 80.1 Å². The molecule has 2 saturated heterocycles. The Morgan fingerprint density at radius 3 is 2.72 bits per heavy atom. The van der Waals surface area contributed by atoms with Crippen molar-refractivity contribution in [2.75, 3.05) is 26.3 Å². The molecule has 7 rings (SSSR count). The number of likely N-dealkylation sites (tertiary alicyclic amines) is 1. The first-order chi connectivity index (χ1) is 20.9. The van der Waals surface area contributed by atoms with Crippen LogP contribution in [-0.2, 0) is 17.1 Å². The first-order valence-corrected chi connectivity index (χ1v) is 15.4. The molecular weight excluding hydrogens is 569 g/mol. The van der Waals surface area contributed by atoms with Gasteiger partial charge in [0.1, 0.15) is 11.6 Å². The van der Waals surface area contributed by atoms with Crippen LogP contribution in [0.4, 0.5) is 4.39 Å². The standard InChI is InChI=1S/C33H35ClFN5O3/c1-20-15-23(32-37-31(38-39-32)22-5-4-14-41-19-22)17-36-28(20)18-40-12-10-21(11-13-40)25-6-3-7-29-30(25)43-33(2,42-29)26-9-8-24(34)16-27(26)35/h3,6-9,15-17,21-22H,4-5,10-14,18-19H2,1-2H3,(H,37,38,39)/t22-,33+/m1/s1. The Bertz CT molecular complexity index is 1630. The molecule has 0 bridgehead atoms. The van der Waals surface area contributed by atoms with Crippen molar-refractivity contribution in [1.82, 2.24) is 25.1 Å². The molecule has 0 radical (unpaired) electrons. The van der Waals surface area contributed by atoms with Crippen molar-refractivity contribution in [1.29, 1.82) is 0 Å². The van der Waals surface area contributed by atoms with Crippen LogP contribution in [0.1, 0.15) is 72.7 Å². The van der Waals surface area contributed by atoms with E-state index in [-0.39, 0.29) is 5.92 Å². The SMILES string of the molecule is Cc1cc(-c2n[nH]c([C@@H]3CCCOC3)n2)cnc1CN1CCC(c2cccc3c2O[C@@](C)(c2ccc(Cl)cc2F)O3)CC1. The van der Waals surface area contributed by atoms with Crippen LogP contribution in [-0.4, -0.2) is 51.4 Å². The van der Waals surface area contributed by atoms with Crippen molar-refractivity contribution in [3.05, 3.63) is 87.7 Å². The molecule has 0 amide bonds. The molecule has 43 heavy (non-hydrogen) atoms. The zero-order valence-corrected chi connectivity index (χ0v) is 25.2. The third-order valence-corrected chi connectivity index (χ3v) is 9.16. The van der Waals surface area contributed by atoms with Gasteiger partial charge in [0.2, 0.25) is 0 Å². The number of halogens is 2. The lowest BCUT2D eigenvalue weighted by molar-refractivity contribution is -0.0712. The number of fused-ring (bicyclic) bond motifs is 1. The minimum atomic E-state index is -1.25. The van der Waals surface area contributed by atoms with E-state index in [1.165, 1.54) is 6.07 Å². The molecule has 0 unspecified atom stereocenters. The maximum absolute atomic E-state index is 14.8. The van der Waals surface area contributed by atoms with Gasteiger partial charge >= 0.3 is 0 Å². The van der Waals surface area contributed by atoms with E-state index in [9.17, 15) is 4.39 Å². The third kappa shape index (κ3) is 5.61. The average molecular weight is 604 g/mol. The number of pyridine rings is 1. The number of aromatic nitrogens is 4. The number of hydrogen-bond acceptors (Lipinski definition) is 7. The number of benzene rings is 2. The summed E-state index contributed by atoms with van der Waals surface area (Å²) in [6.45, 7) is 8.04. The fraction of sp³-hybridized carbons (Fsp3) is 0.424. The Hall–Kier alpha value is -3.53. The summed E-state index contributed by atoms with van der Waals surface area (Å²) in [7, 11) is 0. The Labute approximate surface area is 255 Å². The van der Waals surface area contributed by atoms with Crippen LogP contribution in [0.5, 0.6) is 11.5 Å². The molecule has 4 aromatic rings. The van der Waals surface area contributed by atoms with Crippen molar-refractivity contribution in [2.24, 2.45) is 0 Å². The Morgan fingerprint density at radius 2 is 1.95 bits per heavy atom. The summed E-state index contributed by atoms with van der Waals surface area (Å²) in [6.07, 6.45) is 5.96. The van der Waals surface area contributed by atoms with Crippen molar-refractivity contribution >= 4 is 11.6 Å². The van der Waals surface area contributed by atoms with E-state index < -0.39 is 11.6 Å². The fourth-order valence-corrected chi connectivity index (χ4v) is 6.64. The number of ether oxygens (including phenoxy) is 3. The summed E-state index contributed by atoms with van der Waals surface area (Å²) in [4.78, 5) is 12.0. The highest BCUT2D eigenvalue weighted by atomic mass is 35.5. The maximum Gasteiger partial charge on any atom is 0.278 e. The summed E-state index contributed by atoms with van der Waals surface area (Å²) < 4.78 is 32.9. The second-order valence-corrected chi connectivity index (χ2v) is 12.4. The van der Waals surface area contributed by atoms with Gasteiger partial charge in [0.25, 0.3) is 5.79 Å². The topological polar surface area (TPSA) is 85.4 Å². The van der Waals surface area contributed by atoms with Gasteiger partial charge in [0.05, 0.1) is 17.9 Å². The second-order valence-electron chi connectivity index (χ2n) is 11.9. The minimum absolute atomic E-state index is 0.276. The predicted molar refractivity (Wildman–Crippen MR) is 161 cm³/mol. The van der Waals surface area contributed by atoms with Crippen LogP contribution in [0, 0.1) is 12.7 Å². The van der Waals surface area contributed by atoms with Gasteiger partial charge in [-0.1, -0.05) is 23.7 Å². The average Bonchev–Trinajstić information content (AvgIpc) is 3.64. The summed E-state index contributed by atoms with van der Waals surface area (Å²) in [5, 5.41) is 7.90. The van der Waals surface area contributed by atoms with Gasteiger partial charge in [-0.3, -0.25) is 15.0 Å². The molecule has 2 aromatic carbocycles. The molecule has 2 aromatic heterocycles. The molecule has 2 fully saturated rings. The molecule has 0 saturated carbocycles. The molecule has 1 N–H and O–H groups in total. The van der Waals surface area contributed by atoms with Crippen LogP contribution < -0.4 is 9.47 Å². The van der Waals surface area contributed by atoms with Gasteiger partial charge in [-0.25, -0.2) is 9.37 Å². The Balaban J connectivity index is 0.994. The van der Waals surface area contributed by atoms with Crippen LogP contribution in [0.25, 0.3) is 11.4 Å². The minimum Gasteiger partial charge on any atom is -0.444 e. The van der Waals surface area contributed by atoms with Gasteiger partial charge in [-0.2, -0.15) is 5.10 Å². The van der Waals surface area contributed by atoms with Crippen molar-refractivity contribution in [2.45, 2.75) is 63.7 Å². The number of aryl methyl sites for hydroxylation is 1. The molecule has 5 heterocycles. The number of nitrogens with zero attached hydrogens (tertiary/aromatic N) is 4. The van der Waals surface area contributed by atoms with Crippen LogP contribution in [0.3, 0.4) is 0 Å².